The molecule has 1 amide bonds. The van der Waals surface area contributed by atoms with Gasteiger partial charge in [-0.15, -0.1) is 0 Å². The van der Waals surface area contributed by atoms with E-state index in [1.54, 1.807) is 24.3 Å². The van der Waals surface area contributed by atoms with Crippen LogP contribution in [0.1, 0.15) is 36.5 Å². The fourth-order valence-corrected chi connectivity index (χ4v) is 5.20. The Morgan fingerprint density at radius 3 is 2.48 bits per heavy atom. The Labute approximate surface area is 192 Å². The third-order valence-electron chi connectivity index (χ3n) is 5.29. The topological polar surface area (TPSA) is 119 Å². The number of ketones is 1. The summed E-state index contributed by atoms with van der Waals surface area (Å²) in [6.07, 6.45) is 1.55. The molecule has 0 spiro atoms. The van der Waals surface area contributed by atoms with E-state index in [1.165, 1.54) is 38.3 Å². The Balaban J connectivity index is 1.66. The van der Waals surface area contributed by atoms with E-state index >= 15 is 0 Å². The largest absolute Gasteiger partial charge is 0.497 e. The van der Waals surface area contributed by atoms with E-state index in [4.69, 9.17) is 9.47 Å². The zero-order chi connectivity index (χ0) is 24.0. The first-order chi connectivity index (χ1) is 15.7. The summed E-state index contributed by atoms with van der Waals surface area (Å²) < 4.78 is 37.7. The fourth-order valence-electron chi connectivity index (χ4n) is 3.56. The summed E-state index contributed by atoms with van der Waals surface area (Å²) in [6.45, 7) is 1.00. The second-order valence-corrected chi connectivity index (χ2v) is 9.49. The van der Waals surface area contributed by atoms with Crippen molar-refractivity contribution in [1.29, 1.82) is 0 Å². The van der Waals surface area contributed by atoms with Crippen LogP contribution in [0, 0.1) is 0 Å². The lowest BCUT2D eigenvalue weighted by Crippen LogP contribution is -2.48. The molecule has 1 N–H and O–H groups in total. The highest BCUT2D eigenvalue weighted by Crippen LogP contribution is 2.26. The Morgan fingerprint density at radius 1 is 1.09 bits per heavy atom. The molecule has 1 aliphatic heterocycles. The van der Waals surface area contributed by atoms with Crippen molar-refractivity contribution in [3.8, 4) is 5.75 Å². The van der Waals surface area contributed by atoms with E-state index in [2.05, 4.69) is 5.32 Å². The molecule has 176 valence electrons. The maximum absolute atomic E-state index is 13.2. The van der Waals surface area contributed by atoms with Crippen LogP contribution in [-0.2, 0) is 24.3 Å². The minimum atomic E-state index is -3.99. The van der Waals surface area contributed by atoms with Crippen LogP contribution in [0.2, 0.25) is 0 Å². The van der Waals surface area contributed by atoms with Gasteiger partial charge in [-0.3, -0.25) is 14.4 Å². The molecule has 10 heteroatoms. The van der Waals surface area contributed by atoms with Gasteiger partial charge in [0.15, 0.2) is 12.4 Å². The molecule has 1 saturated heterocycles. The highest BCUT2D eigenvalue weighted by atomic mass is 32.2. The number of amides is 1. The van der Waals surface area contributed by atoms with Gasteiger partial charge in [-0.25, -0.2) is 8.42 Å². The summed E-state index contributed by atoms with van der Waals surface area (Å²) >= 11 is 0. The van der Waals surface area contributed by atoms with Crippen molar-refractivity contribution < 1.29 is 32.3 Å². The van der Waals surface area contributed by atoms with Crippen LogP contribution in [0.3, 0.4) is 0 Å². The number of Topliss-reactive ketones (excluding diaryl/α,β-unsaturated/α-hetero) is 1. The quantitative estimate of drug-likeness (QED) is 0.461. The number of anilines is 1. The number of ether oxygens (including phenoxy) is 2. The van der Waals surface area contributed by atoms with Gasteiger partial charge in [-0.1, -0.05) is 18.2 Å². The van der Waals surface area contributed by atoms with E-state index < -0.39 is 34.5 Å². The van der Waals surface area contributed by atoms with Crippen molar-refractivity contribution in [1.82, 2.24) is 4.31 Å². The second kappa shape index (κ2) is 10.6. The SMILES string of the molecule is COc1cccc(NC(=O)COC(=O)C2CCCCN2S(=O)(=O)c2ccc(C(C)=O)cc2)c1. The van der Waals surface area contributed by atoms with E-state index in [0.717, 1.165) is 4.31 Å². The third kappa shape index (κ3) is 5.96. The number of piperidine rings is 1. The number of methoxy groups -OCH3 is 1. The summed E-state index contributed by atoms with van der Waals surface area (Å²) in [6, 6.07) is 11.3. The predicted octanol–water partition coefficient (Wildman–Crippen LogP) is 2.62. The minimum absolute atomic E-state index is 0.0111. The van der Waals surface area contributed by atoms with Crippen molar-refractivity contribution in [3.05, 3.63) is 54.1 Å². The number of nitrogens with zero attached hydrogens (tertiary/aromatic N) is 1. The van der Waals surface area contributed by atoms with Gasteiger partial charge in [0.05, 0.1) is 12.0 Å². The molecule has 0 aromatic heterocycles. The molecule has 1 fully saturated rings. The van der Waals surface area contributed by atoms with Crippen LogP contribution in [0.5, 0.6) is 5.75 Å². The van der Waals surface area contributed by atoms with Gasteiger partial charge in [-0.2, -0.15) is 4.31 Å². The van der Waals surface area contributed by atoms with Gasteiger partial charge in [0.1, 0.15) is 11.8 Å². The van der Waals surface area contributed by atoms with Crippen LogP contribution in [0.4, 0.5) is 5.69 Å². The summed E-state index contributed by atoms with van der Waals surface area (Å²) in [4.78, 5) is 36.4. The molecule has 9 nitrogen and oxygen atoms in total. The lowest BCUT2D eigenvalue weighted by Gasteiger charge is -2.33. The summed E-state index contributed by atoms with van der Waals surface area (Å²) in [7, 11) is -2.48. The van der Waals surface area contributed by atoms with E-state index in [9.17, 15) is 22.8 Å². The molecule has 33 heavy (non-hydrogen) atoms. The molecule has 1 heterocycles. The van der Waals surface area contributed by atoms with Crippen LogP contribution < -0.4 is 10.1 Å². The standard InChI is InChI=1S/C23H26N2O7S/c1-16(26)17-9-11-20(12-10-17)33(29,30)25-13-4-3-8-21(25)23(28)32-15-22(27)24-18-6-5-7-19(14-18)31-2/h5-7,9-12,14,21H,3-4,8,13,15H2,1-2H3,(H,24,27). The van der Waals surface area contributed by atoms with Gasteiger partial charge in [0, 0.05) is 23.9 Å². The average molecular weight is 475 g/mol. The van der Waals surface area contributed by atoms with Crippen molar-refractivity contribution in [3.63, 3.8) is 0 Å². The molecule has 3 rings (SSSR count). The first-order valence-corrected chi connectivity index (χ1v) is 11.9. The van der Waals surface area contributed by atoms with Gasteiger partial charge in [0.25, 0.3) is 5.91 Å². The molecule has 0 aliphatic carbocycles. The van der Waals surface area contributed by atoms with Gasteiger partial charge < -0.3 is 14.8 Å². The van der Waals surface area contributed by atoms with E-state index in [1.807, 2.05) is 0 Å². The van der Waals surface area contributed by atoms with E-state index in [0.29, 0.717) is 36.3 Å². The number of benzene rings is 2. The van der Waals surface area contributed by atoms with Gasteiger partial charge in [0.2, 0.25) is 10.0 Å². The number of nitrogens with one attached hydrogen (secondary N) is 1. The van der Waals surface area contributed by atoms with Crippen LogP contribution in [0.15, 0.2) is 53.4 Å². The Kier molecular flexibility index (Phi) is 7.83. The monoisotopic (exact) mass is 474 g/mol. The number of hydrogen-bond acceptors (Lipinski definition) is 7. The first kappa shape index (κ1) is 24.4. The Bertz CT molecular complexity index is 1130. The van der Waals surface area contributed by atoms with Gasteiger partial charge in [-0.05, 0) is 50.5 Å². The van der Waals surface area contributed by atoms with Gasteiger partial charge >= 0.3 is 5.97 Å². The Hall–Kier alpha value is -3.24. The smallest absolute Gasteiger partial charge is 0.324 e. The zero-order valence-corrected chi connectivity index (χ0v) is 19.3. The molecule has 2 aromatic carbocycles. The van der Waals surface area contributed by atoms with Crippen molar-refractivity contribution >= 4 is 33.4 Å². The summed E-state index contributed by atoms with van der Waals surface area (Å²) in [5.74, 6) is -0.948. The van der Waals surface area contributed by atoms with Crippen LogP contribution >= 0.6 is 0 Å². The molecule has 2 aromatic rings. The normalized spacial score (nSPS) is 16.6. The minimum Gasteiger partial charge on any atom is -0.497 e. The second-order valence-electron chi connectivity index (χ2n) is 7.60. The number of carbonyl (C=O) groups is 3. The third-order valence-corrected chi connectivity index (χ3v) is 7.21. The summed E-state index contributed by atoms with van der Waals surface area (Å²) in [5, 5.41) is 2.60. The number of esters is 1. The lowest BCUT2D eigenvalue weighted by atomic mass is 10.1. The maximum Gasteiger partial charge on any atom is 0.324 e. The number of rotatable bonds is 8. The molecule has 0 saturated carbocycles. The maximum atomic E-state index is 13.2. The number of carbonyl (C=O) groups excluding carboxylic acids is 3. The van der Waals surface area contributed by atoms with Crippen LogP contribution in [-0.4, -0.2) is 56.7 Å². The molecule has 0 bridgehead atoms. The molecular weight excluding hydrogens is 448 g/mol. The van der Waals surface area contributed by atoms with Crippen molar-refractivity contribution in [2.45, 2.75) is 37.1 Å². The van der Waals surface area contributed by atoms with Crippen molar-refractivity contribution in [2.75, 3.05) is 25.6 Å². The highest BCUT2D eigenvalue weighted by Gasteiger charge is 2.38. The lowest BCUT2D eigenvalue weighted by molar-refractivity contribution is -0.152. The van der Waals surface area contributed by atoms with Crippen LogP contribution in [0.25, 0.3) is 0 Å². The average Bonchev–Trinajstić information content (AvgIpc) is 2.82. The molecule has 1 unspecified atom stereocenters. The van der Waals surface area contributed by atoms with Crippen molar-refractivity contribution in [2.24, 2.45) is 0 Å². The van der Waals surface area contributed by atoms with E-state index in [-0.39, 0.29) is 17.2 Å². The Morgan fingerprint density at radius 2 is 1.82 bits per heavy atom. The first-order valence-electron chi connectivity index (χ1n) is 10.5. The zero-order valence-electron chi connectivity index (χ0n) is 18.4. The molecule has 1 aliphatic rings. The number of sulfonamides is 1. The highest BCUT2D eigenvalue weighted by molar-refractivity contribution is 7.89. The molecular formula is C23H26N2O7S. The number of hydrogen-bond donors (Lipinski definition) is 1. The fraction of sp³-hybridized carbons (Fsp3) is 0.348. The summed E-state index contributed by atoms with van der Waals surface area (Å²) in [5.41, 5.74) is 0.872. The molecule has 1 atom stereocenters. The predicted molar refractivity (Wildman–Crippen MR) is 121 cm³/mol. The molecule has 0 radical (unpaired) electrons.